The molecule has 0 amide bonds. The standard InChI is InChI=1S/C15H20O3/c1-5-17-15(3,16-4)10-12-6-7-14-13(9-12)8-11(2)18-14/h6-9H,5,10H2,1-4H3. The van der Waals surface area contributed by atoms with E-state index in [1.165, 1.54) is 5.56 Å². The summed E-state index contributed by atoms with van der Waals surface area (Å²) in [5.74, 6) is 0.364. The number of hydrogen-bond donors (Lipinski definition) is 0. The van der Waals surface area contributed by atoms with Gasteiger partial charge in [-0.2, -0.15) is 0 Å². The topological polar surface area (TPSA) is 31.6 Å². The van der Waals surface area contributed by atoms with Gasteiger partial charge in [-0.15, -0.1) is 0 Å². The van der Waals surface area contributed by atoms with E-state index in [1.54, 1.807) is 7.11 Å². The van der Waals surface area contributed by atoms with Crippen LogP contribution in [0.25, 0.3) is 11.0 Å². The molecule has 1 atom stereocenters. The summed E-state index contributed by atoms with van der Waals surface area (Å²) in [6, 6.07) is 8.23. The summed E-state index contributed by atoms with van der Waals surface area (Å²) in [5.41, 5.74) is 2.10. The first-order valence-electron chi connectivity index (χ1n) is 6.24. The highest BCUT2D eigenvalue weighted by Gasteiger charge is 2.24. The zero-order valence-electron chi connectivity index (χ0n) is 11.4. The molecular weight excluding hydrogens is 228 g/mol. The van der Waals surface area contributed by atoms with Crippen molar-refractivity contribution in [3.05, 3.63) is 35.6 Å². The van der Waals surface area contributed by atoms with Crippen molar-refractivity contribution in [1.82, 2.24) is 0 Å². The minimum Gasteiger partial charge on any atom is -0.461 e. The number of furan rings is 1. The first-order valence-corrected chi connectivity index (χ1v) is 6.24. The molecule has 0 radical (unpaired) electrons. The van der Waals surface area contributed by atoms with Crippen molar-refractivity contribution in [2.24, 2.45) is 0 Å². The Morgan fingerprint density at radius 1 is 1.28 bits per heavy atom. The summed E-state index contributed by atoms with van der Waals surface area (Å²) in [4.78, 5) is 0. The minimum atomic E-state index is -0.568. The average Bonchev–Trinajstić information content (AvgIpc) is 2.69. The van der Waals surface area contributed by atoms with E-state index in [2.05, 4.69) is 12.1 Å². The minimum absolute atomic E-state index is 0.568. The second-order valence-corrected chi connectivity index (χ2v) is 4.68. The van der Waals surface area contributed by atoms with E-state index in [0.717, 1.165) is 23.2 Å². The Hall–Kier alpha value is -1.32. The normalized spacial score (nSPS) is 14.9. The monoisotopic (exact) mass is 248 g/mol. The molecule has 0 aliphatic rings. The molecule has 0 N–H and O–H groups in total. The Bertz CT molecular complexity index is 530. The lowest BCUT2D eigenvalue weighted by atomic mass is 10.0. The van der Waals surface area contributed by atoms with Gasteiger partial charge < -0.3 is 13.9 Å². The molecule has 0 aliphatic heterocycles. The van der Waals surface area contributed by atoms with Gasteiger partial charge in [-0.1, -0.05) is 6.07 Å². The molecular formula is C15H20O3. The lowest BCUT2D eigenvalue weighted by Crippen LogP contribution is -2.33. The number of rotatable bonds is 5. The van der Waals surface area contributed by atoms with Crippen LogP contribution in [0, 0.1) is 6.92 Å². The molecule has 1 unspecified atom stereocenters. The van der Waals surface area contributed by atoms with E-state index >= 15 is 0 Å². The van der Waals surface area contributed by atoms with Crippen molar-refractivity contribution in [3.8, 4) is 0 Å². The van der Waals surface area contributed by atoms with E-state index in [1.807, 2.05) is 32.9 Å². The van der Waals surface area contributed by atoms with Gasteiger partial charge in [-0.05, 0) is 44.5 Å². The van der Waals surface area contributed by atoms with Crippen LogP contribution in [0.3, 0.4) is 0 Å². The van der Waals surface area contributed by atoms with Crippen molar-refractivity contribution in [1.29, 1.82) is 0 Å². The van der Waals surface area contributed by atoms with E-state index in [4.69, 9.17) is 13.9 Å². The average molecular weight is 248 g/mol. The number of benzene rings is 1. The highest BCUT2D eigenvalue weighted by Crippen LogP contribution is 2.24. The quantitative estimate of drug-likeness (QED) is 0.756. The van der Waals surface area contributed by atoms with Crippen LogP contribution in [0.4, 0.5) is 0 Å². The fraction of sp³-hybridized carbons (Fsp3) is 0.467. The van der Waals surface area contributed by atoms with Gasteiger partial charge in [0.2, 0.25) is 0 Å². The molecule has 2 aromatic rings. The Balaban J connectivity index is 2.25. The third-order valence-corrected chi connectivity index (χ3v) is 3.11. The fourth-order valence-electron chi connectivity index (χ4n) is 2.19. The summed E-state index contributed by atoms with van der Waals surface area (Å²) in [7, 11) is 1.68. The molecule has 1 aromatic carbocycles. The Morgan fingerprint density at radius 3 is 2.72 bits per heavy atom. The third-order valence-electron chi connectivity index (χ3n) is 3.11. The van der Waals surface area contributed by atoms with Crippen LogP contribution >= 0.6 is 0 Å². The van der Waals surface area contributed by atoms with Crippen LogP contribution in [0.5, 0.6) is 0 Å². The molecule has 0 saturated carbocycles. The predicted octanol–water partition coefficient (Wildman–Crippen LogP) is 3.68. The van der Waals surface area contributed by atoms with Crippen LogP contribution in [0.1, 0.15) is 25.2 Å². The van der Waals surface area contributed by atoms with Gasteiger partial charge in [0.25, 0.3) is 0 Å². The van der Waals surface area contributed by atoms with Gasteiger partial charge in [0, 0.05) is 25.5 Å². The van der Waals surface area contributed by atoms with Crippen LogP contribution in [-0.4, -0.2) is 19.5 Å². The number of fused-ring (bicyclic) bond motifs is 1. The maximum atomic E-state index is 5.65. The van der Waals surface area contributed by atoms with Gasteiger partial charge in [0.15, 0.2) is 5.79 Å². The summed E-state index contributed by atoms with van der Waals surface area (Å²) >= 11 is 0. The lowest BCUT2D eigenvalue weighted by Gasteiger charge is -2.27. The summed E-state index contributed by atoms with van der Waals surface area (Å²) in [6.45, 7) is 6.53. The smallest absolute Gasteiger partial charge is 0.169 e. The molecule has 0 fully saturated rings. The molecule has 3 heteroatoms. The third kappa shape index (κ3) is 2.74. The second kappa shape index (κ2) is 5.12. The molecule has 1 aromatic heterocycles. The Labute approximate surface area is 108 Å². The van der Waals surface area contributed by atoms with Crippen molar-refractivity contribution < 1.29 is 13.9 Å². The first-order chi connectivity index (χ1) is 8.56. The van der Waals surface area contributed by atoms with E-state index in [-0.39, 0.29) is 0 Å². The lowest BCUT2D eigenvalue weighted by molar-refractivity contribution is -0.206. The highest BCUT2D eigenvalue weighted by atomic mass is 16.7. The van der Waals surface area contributed by atoms with Crippen LogP contribution in [-0.2, 0) is 15.9 Å². The molecule has 3 nitrogen and oxygen atoms in total. The van der Waals surface area contributed by atoms with Crippen LogP contribution in [0.15, 0.2) is 28.7 Å². The zero-order chi connectivity index (χ0) is 13.2. The van der Waals surface area contributed by atoms with Gasteiger partial charge in [-0.25, -0.2) is 0 Å². The fourth-order valence-corrected chi connectivity index (χ4v) is 2.19. The zero-order valence-corrected chi connectivity index (χ0v) is 11.4. The number of aryl methyl sites for hydroxylation is 1. The summed E-state index contributed by atoms with van der Waals surface area (Å²) < 4.78 is 16.7. The number of hydrogen-bond acceptors (Lipinski definition) is 3. The van der Waals surface area contributed by atoms with Gasteiger partial charge in [-0.3, -0.25) is 0 Å². The van der Waals surface area contributed by atoms with E-state index in [0.29, 0.717) is 6.61 Å². The van der Waals surface area contributed by atoms with Crippen molar-refractivity contribution in [2.75, 3.05) is 13.7 Å². The second-order valence-electron chi connectivity index (χ2n) is 4.68. The van der Waals surface area contributed by atoms with Crippen LogP contribution in [0.2, 0.25) is 0 Å². The maximum absolute atomic E-state index is 5.65. The first kappa shape index (κ1) is 13.1. The molecule has 0 bridgehead atoms. The molecule has 98 valence electrons. The number of ether oxygens (including phenoxy) is 2. The predicted molar refractivity (Wildman–Crippen MR) is 71.7 cm³/mol. The van der Waals surface area contributed by atoms with Crippen molar-refractivity contribution >= 4 is 11.0 Å². The number of methoxy groups -OCH3 is 1. The molecule has 2 rings (SSSR count). The summed E-state index contributed by atoms with van der Waals surface area (Å²) in [6.07, 6.45) is 0.720. The van der Waals surface area contributed by atoms with Gasteiger partial charge >= 0.3 is 0 Å². The molecule has 0 spiro atoms. The van der Waals surface area contributed by atoms with Crippen molar-refractivity contribution in [3.63, 3.8) is 0 Å². The van der Waals surface area contributed by atoms with Gasteiger partial charge in [0.1, 0.15) is 11.3 Å². The molecule has 0 saturated heterocycles. The van der Waals surface area contributed by atoms with Crippen LogP contribution < -0.4 is 0 Å². The summed E-state index contributed by atoms with van der Waals surface area (Å²) in [5, 5.41) is 1.12. The highest BCUT2D eigenvalue weighted by molar-refractivity contribution is 5.78. The molecule has 0 aliphatic carbocycles. The Morgan fingerprint density at radius 2 is 2.06 bits per heavy atom. The molecule has 1 heterocycles. The largest absolute Gasteiger partial charge is 0.461 e. The maximum Gasteiger partial charge on any atom is 0.169 e. The van der Waals surface area contributed by atoms with Crippen molar-refractivity contribution in [2.45, 2.75) is 33.0 Å². The molecule has 18 heavy (non-hydrogen) atoms. The Kier molecular flexibility index (Phi) is 3.73. The SMILES string of the molecule is CCOC(C)(Cc1ccc2oc(C)cc2c1)OC. The van der Waals surface area contributed by atoms with E-state index < -0.39 is 5.79 Å². The van der Waals surface area contributed by atoms with Gasteiger partial charge in [0.05, 0.1) is 0 Å². The van der Waals surface area contributed by atoms with E-state index in [9.17, 15) is 0 Å².